The number of halogens is 2. The van der Waals surface area contributed by atoms with Gasteiger partial charge in [0, 0.05) is 23.4 Å². The van der Waals surface area contributed by atoms with Gasteiger partial charge in [0.05, 0.1) is 10.6 Å². The summed E-state index contributed by atoms with van der Waals surface area (Å²) >= 11 is 5.77. The average Bonchev–Trinajstić information content (AvgIpc) is 2.81. The van der Waals surface area contributed by atoms with Gasteiger partial charge in [0.2, 0.25) is 0 Å². The van der Waals surface area contributed by atoms with E-state index in [0.29, 0.717) is 0 Å². The number of hydrogen-bond donors (Lipinski definition) is 0. The molecule has 3 rings (SSSR count). The van der Waals surface area contributed by atoms with Crippen molar-refractivity contribution in [3.8, 4) is 17.6 Å². The van der Waals surface area contributed by atoms with E-state index in [2.05, 4.69) is 11.8 Å². The Kier molecular flexibility index (Phi) is 8.37. The van der Waals surface area contributed by atoms with Gasteiger partial charge in [-0.1, -0.05) is 54.6 Å². The molecule has 0 saturated heterocycles. The van der Waals surface area contributed by atoms with Crippen LogP contribution in [0.3, 0.4) is 0 Å². The van der Waals surface area contributed by atoms with Gasteiger partial charge in [-0.25, -0.2) is 12.8 Å². The summed E-state index contributed by atoms with van der Waals surface area (Å²) in [6.07, 6.45) is 0.480. The minimum Gasteiger partial charge on any atom is -0.472 e. The molecule has 0 amide bonds. The van der Waals surface area contributed by atoms with Crippen LogP contribution in [-0.4, -0.2) is 25.6 Å². The summed E-state index contributed by atoms with van der Waals surface area (Å²) in [6, 6.07) is 18.0. The van der Waals surface area contributed by atoms with E-state index in [4.69, 9.17) is 16.3 Å². The second-order valence-electron chi connectivity index (χ2n) is 8.57. The average molecular weight is 513 g/mol. The maximum atomic E-state index is 14.0. The summed E-state index contributed by atoms with van der Waals surface area (Å²) in [5.74, 6) is 5.60. The van der Waals surface area contributed by atoms with Gasteiger partial charge in [0.1, 0.15) is 5.78 Å². The molecular weight excluding hydrogens is 487 g/mol. The molecule has 0 N–H and O–H groups in total. The third-order valence-electron chi connectivity index (χ3n) is 5.19. The lowest BCUT2D eigenvalue weighted by atomic mass is 10.0. The molecule has 4 nitrogen and oxygen atoms in total. The van der Waals surface area contributed by atoms with Crippen molar-refractivity contribution >= 4 is 27.2 Å². The molecule has 0 saturated carbocycles. The lowest BCUT2D eigenvalue weighted by Gasteiger charge is -2.20. The van der Waals surface area contributed by atoms with E-state index in [1.54, 1.807) is 51.1 Å². The summed E-state index contributed by atoms with van der Waals surface area (Å²) in [4.78, 5) is 12.7. The molecule has 3 aromatic carbocycles. The Labute approximate surface area is 211 Å². The smallest absolute Gasteiger partial charge is 0.178 e. The zero-order valence-electron chi connectivity index (χ0n) is 19.8. The van der Waals surface area contributed by atoms with Crippen molar-refractivity contribution in [3.63, 3.8) is 0 Å². The van der Waals surface area contributed by atoms with E-state index in [9.17, 15) is 17.6 Å². The molecule has 0 aromatic heterocycles. The lowest BCUT2D eigenvalue weighted by molar-refractivity contribution is -0.117. The molecule has 0 heterocycles. The number of Topliss-reactive ketones (excluding diaryl/α,β-unsaturated/α-hetero) is 1. The third-order valence-corrected chi connectivity index (χ3v) is 7.17. The van der Waals surface area contributed by atoms with Crippen molar-refractivity contribution in [3.05, 3.63) is 94.3 Å². The molecule has 0 fully saturated rings. The van der Waals surface area contributed by atoms with Crippen molar-refractivity contribution in [1.82, 2.24) is 0 Å². The number of benzene rings is 3. The van der Waals surface area contributed by atoms with E-state index in [1.165, 1.54) is 12.1 Å². The normalized spacial score (nSPS) is 11.5. The highest BCUT2D eigenvalue weighted by atomic mass is 35.5. The summed E-state index contributed by atoms with van der Waals surface area (Å²) in [7, 11) is -3.26. The van der Waals surface area contributed by atoms with Gasteiger partial charge in [-0.2, -0.15) is 0 Å². The molecule has 0 spiro atoms. The standard InChI is InChI=1S/C28H26ClFO4S/c1-4-35(32,33)25-12-9-22(10-13-25)18-24(31)17-21-7-5-20(6-8-21)15-16-28(2,3)34-27-14-11-23(29)19-26(27)30/h5-14,19H,4,17-18H2,1-3H3. The molecule has 0 bridgehead atoms. The Hall–Kier alpha value is -3.14. The van der Waals surface area contributed by atoms with Gasteiger partial charge >= 0.3 is 0 Å². The number of carbonyl (C=O) groups excluding carboxylic acids is 1. The minimum atomic E-state index is -3.26. The van der Waals surface area contributed by atoms with E-state index in [-0.39, 0.29) is 40.0 Å². The first-order chi connectivity index (χ1) is 16.5. The van der Waals surface area contributed by atoms with E-state index in [0.717, 1.165) is 16.7 Å². The van der Waals surface area contributed by atoms with Crippen LogP contribution in [0.1, 0.15) is 37.5 Å². The number of sulfone groups is 1. The van der Waals surface area contributed by atoms with E-state index >= 15 is 0 Å². The largest absolute Gasteiger partial charge is 0.472 e. The van der Waals surface area contributed by atoms with Crippen LogP contribution >= 0.6 is 11.6 Å². The minimum absolute atomic E-state index is 0.0226. The van der Waals surface area contributed by atoms with Gasteiger partial charge in [-0.3, -0.25) is 4.79 Å². The van der Waals surface area contributed by atoms with Gasteiger partial charge in [-0.15, -0.1) is 0 Å². The van der Waals surface area contributed by atoms with Gasteiger partial charge in [0.25, 0.3) is 0 Å². The first-order valence-corrected chi connectivity index (χ1v) is 13.1. The van der Waals surface area contributed by atoms with Crippen molar-refractivity contribution in [1.29, 1.82) is 0 Å². The first-order valence-electron chi connectivity index (χ1n) is 11.1. The fourth-order valence-corrected chi connectivity index (χ4v) is 4.33. The fraction of sp³-hybridized carbons (Fsp3) is 0.250. The Morgan fingerprint density at radius 3 is 2.09 bits per heavy atom. The quantitative estimate of drug-likeness (QED) is 0.356. The molecule has 0 aliphatic rings. The monoisotopic (exact) mass is 512 g/mol. The number of carbonyl (C=O) groups is 1. The SMILES string of the molecule is CCS(=O)(=O)c1ccc(CC(=O)Cc2ccc(C#CC(C)(C)Oc3ccc(Cl)cc3F)cc2)cc1. The van der Waals surface area contributed by atoms with E-state index < -0.39 is 21.3 Å². The van der Waals surface area contributed by atoms with Crippen LogP contribution in [0.25, 0.3) is 0 Å². The summed E-state index contributed by atoms with van der Waals surface area (Å²) in [6.45, 7) is 5.08. The van der Waals surface area contributed by atoms with Gasteiger partial charge < -0.3 is 4.74 Å². The van der Waals surface area contributed by atoms with Crippen molar-refractivity contribution in [2.45, 2.75) is 44.1 Å². The second kappa shape index (κ2) is 11.1. The predicted molar refractivity (Wildman–Crippen MR) is 136 cm³/mol. The number of ketones is 1. The maximum Gasteiger partial charge on any atom is 0.178 e. The number of rotatable bonds is 8. The zero-order chi connectivity index (χ0) is 25.6. The maximum absolute atomic E-state index is 14.0. The van der Waals surface area contributed by atoms with Crippen LogP contribution < -0.4 is 4.74 Å². The van der Waals surface area contributed by atoms with Crippen molar-refractivity contribution in [2.24, 2.45) is 0 Å². The van der Waals surface area contributed by atoms with Crippen LogP contribution in [0.15, 0.2) is 71.6 Å². The molecular formula is C28H26ClFO4S. The second-order valence-corrected chi connectivity index (χ2v) is 11.3. The summed E-state index contributed by atoms with van der Waals surface area (Å²) in [5.41, 5.74) is 1.42. The van der Waals surface area contributed by atoms with Crippen LogP contribution in [-0.2, 0) is 27.5 Å². The Balaban J connectivity index is 1.59. The summed E-state index contributed by atoms with van der Waals surface area (Å²) in [5, 5.41) is 0.289. The molecule has 0 atom stereocenters. The van der Waals surface area contributed by atoms with Crippen molar-refractivity contribution in [2.75, 3.05) is 5.75 Å². The third kappa shape index (κ3) is 7.68. The Bertz CT molecular complexity index is 1370. The molecule has 182 valence electrons. The Morgan fingerprint density at radius 2 is 1.54 bits per heavy atom. The molecule has 0 aliphatic heterocycles. The molecule has 35 heavy (non-hydrogen) atoms. The van der Waals surface area contributed by atoms with Gasteiger partial charge in [0.15, 0.2) is 27.0 Å². The van der Waals surface area contributed by atoms with E-state index in [1.807, 2.05) is 24.3 Å². The summed E-state index contributed by atoms with van der Waals surface area (Å²) < 4.78 is 43.5. The predicted octanol–water partition coefficient (Wildman–Crippen LogP) is 5.84. The fourth-order valence-electron chi connectivity index (χ4n) is 3.29. The zero-order valence-corrected chi connectivity index (χ0v) is 21.3. The highest BCUT2D eigenvalue weighted by molar-refractivity contribution is 7.91. The topological polar surface area (TPSA) is 60.4 Å². The first kappa shape index (κ1) is 26.5. The molecule has 3 aromatic rings. The number of ether oxygens (including phenoxy) is 1. The van der Waals surface area contributed by atoms with Crippen LogP contribution in [0, 0.1) is 17.7 Å². The molecule has 0 aliphatic carbocycles. The molecule has 7 heteroatoms. The molecule has 0 radical (unpaired) electrons. The highest BCUT2D eigenvalue weighted by Gasteiger charge is 2.19. The lowest BCUT2D eigenvalue weighted by Crippen LogP contribution is -2.26. The number of hydrogen-bond acceptors (Lipinski definition) is 4. The highest BCUT2D eigenvalue weighted by Crippen LogP contribution is 2.25. The van der Waals surface area contributed by atoms with Crippen molar-refractivity contribution < 1.29 is 22.3 Å². The van der Waals surface area contributed by atoms with Crippen LogP contribution in [0.2, 0.25) is 5.02 Å². The van der Waals surface area contributed by atoms with Crippen LogP contribution in [0.5, 0.6) is 5.75 Å². The Morgan fingerprint density at radius 1 is 0.971 bits per heavy atom. The van der Waals surface area contributed by atoms with Gasteiger partial charge in [-0.05, 0) is 67.4 Å². The molecule has 0 unspecified atom stereocenters. The van der Waals surface area contributed by atoms with Crippen LogP contribution in [0.4, 0.5) is 4.39 Å².